The number of nitrogens with one attached hydrogen (secondary N) is 1. The van der Waals surface area contributed by atoms with Crippen LogP contribution in [0.15, 0.2) is 54.1 Å². The zero-order valence-electron chi connectivity index (χ0n) is 18.4. The van der Waals surface area contributed by atoms with Gasteiger partial charge in [-0.3, -0.25) is 9.69 Å². The van der Waals surface area contributed by atoms with Crippen LogP contribution >= 0.6 is 0 Å². The number of hydrogen-bond acceptors (Lipinski definition) is 6. The van der Waals surface area contributed by atoms with E-state index in [4.69, 9.17) is 14.2 Å². The largest absolute Gasteiger partial charge is 0.493 e. The first kappa shape index (κ1) is 21.9. The van der Waals surface area contributed by atoms with E-state index in [2.05, 4.69) is 22.3 Å². The number of piperidine rings is 1. The molecule has 2 aromatic carbocycles. The summed E-state index contributed by atoms with van der Waals surface area (Å²) in [5.41, 5.74) is 1.28. The molecule has 1 atom stereocenters. The molecular weight excluding hydrogens is 408 g/mol. The number of methoxy groups -OCH3 is 2. The van der Waals surface area contributed by atoms with Crippen LogP contribution < -0.4 is 14.8 Å². The number of likely N-dealkylation sites (tertiary alicyclic amines) is 1. The highest BCUT2D eigenvalue weighted by atomic mass is 16.5. The molecule has 0 aromatic heterocycles. The molecule has 0 radical (unpaired) electrons. The smallest absolute Gasteiger partial charge is 0.332 e. The van der Waals surface area contributed by atoms with Crippen LogP contribution in [0.4, 0.5) is 0 Å². The van der Waals surface area contributed by atoms with Crippen molar-refractivity contribution in [2.75, 3.05) is 33.9 Å². The Kier molecular flexibility index (Phi) is 6.46. The lowest BCUT2D eigenvalue weighted by molar-refractivity contribution is -0.153. The van der Waals surface area contributed by atoms with Gasteiger partial charge in [0, 0.05) is 18.7 Å². The van der Waals surface area contributed by atoms with E-state index >= 15 is 0 Å². The van der Waals surface area contributed by atoms with Crippen molar-refractivity contribution in [3.63, 3.8) is 0 Å². The molecule has 1 fully saturated rings. The number of esters is 1. The molecule has 1 unspecified atom stereocenters. The zero-order valence-corrected chi connectivity index (χ0v) is 18.4. The van der Waals surface area contributed by atoms with Crippen molar-refractivity contribution in [3.05, 3.63) is 65.2 Å². The number of rotatable bonds is 6. The predicted octanol–water partition coefficient (Wildman–Crippen LogP) is 2.80. The third kappa shape index (κ3) is 4.48. The molecule has 2 aliphatic rings. The van der Waals surface area contributed by atoms with Gasteiger partial charge in [0.25, 0.3) is 5.91 Å². The molecule has 168 valence electrons. The van der Waals surface area contributed by atoms with Crippen molar-refractivity contribution in [1.29, 1.82) is 0 Å². The summed E-state index contributed by atoms with van der Waals surface area (Å²) in [7, 11) is 2.94. The molecule has 2 aromatic rings. The monoisotopic (exact) mass is 436 g/mol. The van der Waals surface area contributed by atoms with Gasteiger partial charge in [-0.15, -0.1) is 0 Å². The summed E-state index contributed by atoms with van der Waals surface area (Å²) in [6, 6.07) is 15.6. The molecule has 32 heavy (non-hydrogen) atoms. The number of amides is 1. The van der Waals surface area contributed by atoms with Crippen molar-refractivity contribution < 1.29 is 23.8 Å². The molecule has 0 bridgehead atoms. The Balaban J connectivity index is 1.54. The Bertz CT molecular complexity index is 1020. The predicted molar refractivity (Wildman–Crippen MR) is 120 cm³/mol. The van der Waals surface area contributed by atoms with Crippen LogP contribution in [0.25, 0.3) is 6.08 Å². The maximum absolute atomic E-state index is 13.2. The average Bonchev–Trinajstić information content (AvgIpc) is 2.83. The van der Waals surface area contributed by atoms with E-state index in [0.717, 1.165) is 24.1 Å². The van der Waals surface area contributed by atoms with Gasteiger partial charge in [-0.05, 0) is 37.1 Å². The molecule has 1 N–H and O–H groups in total. The van der Waals surface area contributed by atoms with Gasteiger partial charge in [0.1, 0.15) is 6.61 Å². The standard InChI is InChI=1S/C25H28N2O5/c1-30-21-11-6-10-19-14-20(16-32-22(19)21)23(28)26-25(24(29)31-2)12-7-13-27(17-25)15-18-8-4-3-5-9-18/h3-6,8-11,14H,7,12-13,15-17H2,1-2H3,(H,26,28). The fourth-order valence-corrected chi connectivity index (χ4v) is 4.41. The van der Waals surface area contributed by atoms with Crippen LogP contribution in [0.1, 0.15) is 24.0 Å². The minimum absolute atomic E-state index is 0.101. The SMILES string of the molecule is COC(=O)C1(NC(=O)C2=Cc3cccc(OC)c3OC2)CCCN(Cc2ccccc2)C1. The number of benzene rings is 2. The van der Waals surface area contributed by atoms with Crippen LogP contribution in [-0.2, 0) is 20.9 Å². The number of nitrogens with zero attached hydrogens (tertiary/aromatic N) is 1. The summed E-state index contributed by atoms with van der Waals surface area (Å²) in [6.07, 6.45) is 3.08. The molecule has 1 saturated heterocycles. The van der Waals surface area contributed by atoms with Gasteiger partial charge >= 0.3 is 5.97 Å². The van der Waals surface area contributed by atoms with E-state index in [1.807, 2.05) is 36.4 Å². The van der Waals surface area contributed by atoms with Crippen molar-refractivity contribution in [2.24, 2.45) is 0 Å². The van der Waals surface area contributed by atoms with Gasteiger partial charge in [0.15, 0.2) is 17.0 Å². The molecule has 7 nitrogen and oxygen atoms in total. The van der Waals surface area contributed by atoms with Crippen LogP contribution in [0, 0.1) is 0 Å². The lowest BCUT2D eigenvalue weighted by atomic mass is 9.88. The molecule has 2 aliphatic heterocycles. The van der Waals surface area contributed by atoms with E-state index in [-0.39, 0.29) is 12.5 Å². The third-order valence-corrected chi connectivity index (χ3v) is 5.97. The lowest BCUT2D eigenvalue weighted by Gasteiger charge is -2.41. The highest BCUT2D eigenvalue weighted by molar-refractivity contribution is 6.02. The quantitative estimate of drug-likeness (QED) is 0.702. The second-order valence-electron chi connectivity index (χ2n) is 8.16. The Labute approximate surface area is 188 Å². The summed E-state index contributed by atoms with van der Waals surface area (Å²) in [6.45, 7) is 2.04. The Hall–Kier alpha value is -3.32. The summed E-state index contributed by atoms with van der Waals surface area (Å²) < 4.78 is 16.3. The van der Waals surface area contributed by atoms with E-state index < -0.39 is 11.5 Å². The van der Waals surface area contributed by atoms with Gasteiger partial charge in [0.05, 0.1) is 19.8 Å². The summed E-state index contributed by atoms with van der Waals surface area (Å²) in [5.74, 6) is 0.474. The van der Waals surface area contributed by atoms with Crippen LogP contribution in [0.2, 0.25) is 0 Å². The van der Waals surface area contributed by atoms with E-state index in [1.165, 1.54) is 7.11 Å². The number of ether oxygens (including phenoxy) is 3. The molecule has 0 spiro atoms. The number of carbonyl (C=O) groups excluding carboxylic acids is 2. The van der Waals surface area contributed by atoms with E-state index in [0.29, 0.717) is 36.6 Å². The van der Waals surface area contributed by atoms with Crippen LogP contribution in [0.3, 0.4) is 0 Å². The van der Waals surface area contributed by atoms with E-state index in [9.17, 15) is 9.59 Å². The van der Waals surface area contributed by atoms with Crippen molar-refractivity contribution in [3.8, 4) is 11.5 Å². The van der Waals surface area contributed by atoms with Gasteiger partial charge in [-0.2, -0.15) is 0 Å². The molecule has 2 heterocycles. The Morgan fingerprint density at radius 3 is 2.69 bits per heavy atom. The van der Waals surface area contributed by atoms with Crippen molar-refractivity contribution in [2.45, 2.75) is 24.9 Å². The van der Waals surface area contributed by atoms with Crippen LogP contribution in [0.5, 0.6) is 11.5 Å². The Morgan fingerprint density at radius 1 is 1.12 bits per heavy atom. The maximum atomic E-state index is 13.2. The molecule has 4 rings (SSSR count). The first-order valence-corrected chi connectivity index (χ1v) is 10.7. The van der Waals surface area contributed by atoms with Crippen LogP contribution in [-0.4, -0.2) is 56.2 Å². The first-order valence-electron chi connectivity index (χ1n) is 10.7. The lowest BCUT2D eigenvalue weighted by Crippen LogP contribution is -2.63. The average molecular weight is 437 g/mol. The Morgan fingerprint density at radius 2 is 1.94 bits per heavy atom. The molecular formula is C25H28N2O5. The maximum Gasteiger partial charge on any atom is 0.332 e. The van der Waals surface area contributed by atoms with Gasteiger partial charge in [0.2, 0.25) is 0 Å². The van der Waals surface area contributed by atoms with Crippen molar-refractivity contribution >= 4 is 18.0 Å². The highest BCUT2D eigenvalue weighted by Gasteiger charge is 2.45. The highest BCUT2D eigenvalue weighted by Crippen LogP contribution is 2.35. The molecule has 1 amide bonds. The first-order chi connectivity index (χ1) is 15.5. The summed E-state index contributed by atoms with van der Waals surface area (Å²) >= 11 is 0. The number of para-hydroxylation sites is 1. The third-order valence-electron chi connectivity index (χ3n) is 5.97. The number of hydrogen-bond donors (Lipinski definition) is 1. The van der Waals surface area contributed by atoms with Gasteiger partial charge in [-0.1, -0.05) is 42.5 Å². The number of fused-ring (bicyclic) bond motifs is 1. The number of carbonyl (C=O) groups is 2. The second-order valence-corrected chi connectivity index (χ2v) is 8.16. The topological polar surface area (TPSA) is 77.1 Å². The normalized spacial score (nSPS) is 20.4. The molecule has 0 saturated carbocycles. The summed E-state index contributed by atoms with van der Waals surface area (Å²) in [4.78, 5) is 28.2. The van der Waals surface area contributed by atoms with Crippen molar-refractivity contribution in [1.82, 2.24) is 10.2 Å². The van der Waals surface area contributed by atoms with E-state index in [1.54, 1.807) is 13.2 Å². The van der Waals surface area contributed by atoms with Gasteiger partial charge in [-0.25, -0.2) is 4.79 Å². The minimum atomic E-state index is -1.10. The zero-order chi connectivity index (χ0) is 22.6. The fourth-order valence-electron chi connectivity index (χ4n) is 4.41. The second kappa shape index (κ2) is 9.44. The van der Waals surface area contributed by atoms with Gasteiger partial charge < -0.3 is 19.5 Å². The fraction of sp³-hybridized carbons (Fsp3) is 0.360. The molecule has 0 aliphatic carbocycles. The summed E-state index contributed by atoms with van der Waals surface area (Å²) in [5, 5.41) is 2.99. The minimum Gasteiger partial charge on any atom is -0.493 e. The molecule has 7 heteroatoms.